The zero-order chi connectivity index (χ0) is 23.0. The summed E-state index contributed by atoms with van der Waals surface area (Å²) in [7, 11) is -3.88. The van der Waals surface area contributed by atoms with Gasteiger partial charge in [-0.05, 0) is 44.2 Å². The summed E-state index contributed by atoms with van der Waals surface area (Å²) in [6.45, 7) is 3.12. The van der Waals surface area contributed by atoms with Crippen LogP contribution >= 0.6 is 0 Å². The summed E-state index contributed by atoms with van der Waals surface area (Å²) in [6, 6.07) is 10.1. The van der Waals surface area contributed by atoms with Crippen molar-refractivity contribution >= 4 is 21.5 Å². The molecule has 0 spiro atoms. The zero-order valence-corrected chi connectivity index (χ0v) is 17.7. The number of alkyl halides is 3. The largest absolute Gasteiger partial charge is 0.418 e. The number of nitriles is 1. The fourth-order valence-corrected chi connectivity index (χ4v) is 5.24. The van der Waals surface area contributed by atoms with Gasteiger partial charge in [-0.3, -0.25) is 4.79 Å². The topological polar surface area (TPSA) is 81.5 Å². The van der Waals surface area contributed by atoms with Crippen LogP contribution in [0.5, 0.6) is 0 Å². The van der Waals surface area contributed by atoms with Gasteiger partial charge in [-0.1, -0.05) is 12.1 Å². The van der Waals surface area contributed by atoms with Crippen molar-refractivity contribution in [1.29, 1.82) is 5.26 Å². The summed E-state index contributed by atoms with van der Waals surface area (Å²) in [5.74, 6) is -0.186. The SMILES string of the molecule is CC(=O)c1ccc(S(=O)(=O)N2CCN(c3ccc(C#N)cc3C(F)(F)F)C[C@H]2C)cc1. The lowest BCUT2D eigenvalue weighted by Crippen LogP contribution is -2.54. The Labute approximate surface area is 178 Å². The molecule has 1 atom stereocenters. The minimum atomic E-state index is -4.65. The van der Waals surface area contributed by atoms with E-state index in [1.165, 1.54) is 52.5 Å². The highest BCUT2D eigenvalue weighted by molar-refractivity contribution is 7.89. The number of anilines is 1. The van der Waals surface area contributed by atoms with Crippen LogP contribution < -0.4 is 4.90 Å². The molecule has 3 rings (SSSR count). The molecule has 1 saturated heterocycles. The van der Waals surface area contributed by atoms with E-state index in [1.807, 2.05) is 0 Å². The molecular weight excluding hydrogens is 431 g/mol. The van der Waals surface area contributed by atoms with Gasteiger partial charge in [0.05, 0.1) is 22.1 Å². The van der Waals surface area contributed by atoms with Gasteiger partial charge in [-0.15, -0.1) is 0 Å². The molecule has 1 aliphatic rings. The van der Waals surface area contributed by atoms with E-state index in [-0.39, 0.29) is 41.6 Å². The van der Waals surface area contributed by atoms with Crippen molar-refractivity contribution < 1.29 is 26.4 Å². The Morgan fingerprint density at radius 3 is 2.29 bits per heavy atom. The minimum absolute atomic E-state index is 0.00470. The smallest absolute Gasteiger partial charge is 0.368 e. The molecule has 6 nitrogen and oxygen atoms in total. The Bertz CT molecular complexity index is 1140. The molecule has 10 heteroatoms. The molecule has 0 N–H and O–H groups in total. The fourth-order valence-electron chi connectivity index (χ4n) is 3.62. The first-order chi connectivity index (χ1) is 14.4. The lowest BCUT2D eigenvalue weighted by atomic mass is 10.1. The van der Waals surface area contributed by atoms with E-state index in [0.717, 1.165) is 6.07 Å². The molecule has 1 heterocycles. The van der Waals surface area contributed by atoms with Crippen molar-refractivity contribution in [2.45, 2.75) is 31.0 Å². The summed E-state index contributed by atoms with van der Waals surface area (Å²) in [5.41, 5.74) is -0.715. The zero-order valence-electron chi connectivity index (χ0n) is 16.8. The predicted molar refractivity (Wildman–Crippen MR) is 108 cm³/mol. The Hall–Kier alpha value is -2.90. The van der Waals surface area contributed by atoms with Gasteiger partial charge in [-0.25, -0.2) is 8.42 Å². The van der Waals surface area contributed by atoms with Crippen molar-refractivity contribution in [2.24, 2.45) is 0 Å². The van der Waals surface area contributed by atoms with Crippen molar-refractivity contribution in [3.8, 4) is 6.07 Å². The van der Waals surface area contributed by atoms with E-state index in [9.17, 15) is 26.4 Å². The second-order valence-electron chi connectivity index (χ2n) is 7.33. The van der Waals surface area contributed by atoms with Gasteiger partial charge >= 0.3 is 6.18 Å². The van der Waals surface area contributed by atoms with Crippen LogP contribution in [0.1, 0.15) is 35.3 Å². The van der Waals surface area contributed by atoms with Gasteiger partial charge in [0.15, 0.2) is 5.78 Å². The minimum Gasteiger partial charge on any atom is -0.368 e. The van der Waals surface area contributed by atoms with Gasteiger partial charge < -0.3 is 4.90 Å². The number of Topliss-reactive ketones (excluding diaryl/α,β-unsaturated/α-hetero) is 1. The number of sulfonamides is 1. The summed E-state index contributed by atoms with van der Waals surface area (Å²) in [4.78, 5) is 12.9. The highest BCUT2D eigenvalue weighted by Gasteiger charge is 2.38. The molecule has 31 heavy (non-hydrogen) atoms. The van der Waals surface area contributed by atoms with Crippen LogP contribution in [0.4, 0.5) is 18.9 Å². The number of carbonyl (C=O) groups excluding carboxylic acids is 1. The normalized spacial score (nSPS) is 17.9. The number of hydrogen-bond donors (Lipinski definition) is 0. The van der Waals surface area contributed by atoms with Gasteiger partial charge in [0.25, 0.3) is 0 Å². The number of rotatable bonds is 4. The number of nitrogens with zero attached hydrogens (tertiary/aromatic N) is 3. The summed E-state index contributed by atoms with van der Waals surface area (Å²) < 4.78 is 67.9. The first kappa shape index (κ1) is 22.8. The van der Waals surface area contributed by atoms with Crippen LogP contribution in [0.2, 0.25) is 0 Å². The van der Waals surface area contributed by atoms with E-state index in [2.05, 4.69) is 0 Å². The second kappa shape index (κ2) is 8.32. The van der Waals surface area contributed by atoms with Gasteiger partial charge in [0, 0.05) is 36.9 Å². The summed E-state index contributed by atoms with van der Waals surface area (Å²) in [6.07, 6.45) is -4.65. The molecule has 0 aromatic heterocycles. The average Bonchev–Trinajstić information content (AvgIpc) is 2.72. The summed E-state index contributed by atoms with van der Waals surface area (Å²) >= 11 is 0. The van der Waals surface area contributed by atoms with E-state index in [1.54, 1.807) is 13.0 Å². The molecule has 2 aromatic rings. The quantitative estimate of drug-likeness (QED) is 0.663. The van der Waals surface area contributed by atoms with Crippen molar-refractivity contribution in [3.63, 3.8) is 0 Å². The first-order valence-electron chi connectivity index (χ1n) is 9.44. The lowest BCUT2D eigenvalue weighted by Gasteiger charge is -2.40. The number of halogens is 3. The summed E-state index contributed by atoms with van der Waals surface area (Å²) in [5, 5.41) is 8.93. The number of ketones is 1. The molecule has 0 radical (unpaired) electrons. The maximum atomic E-state index is 13.5. The predicted octanol–water partition coefficient (Wildman–Crippen LogP) is 3.68. The van der Waals surface area contributed by atoms with Crippen LogP contribution in [0, 0.1) is 11.3 Å². The van der Waals surface area contributed by atoms with Crippen LogP contribution in [0.25, 0.3) is 0 Å². The van der Waals surface area contributed by atoms with Gasteiger partial charge in [0.2, 0.25) is 10.0 Å². The molecular formula is C21H20F3N3O3S. The molecule has 1 fully saturated rings. The van der Waals surface area contributed by atoms with E-state index < -0.39 is 27.8 Å². The third-order valence-corrected chi connectivity index (χ3v) is 7.23. The molecule has 0 aliphatic carbocycles. The number of hydrogen-bond acceptors (Lipinski definition) is 5. The Morgan fingerprint density at radius 2 is 1.77 bits per heavy atom. The average molecular weight is 451 g/mol. The maximum Gasteiger partial charge on any atom is 0.418 e. The maximum absolute atomic E-state index is 13.5. The lowest BCUT2D eigenvalue weighted by molar-refractivity contribution is -0.137. The molecule has 0 unspecified atom stereocenters. The molecule has 164 valence electrons. The van der Waals surface area contributed by atoms with Gasteiger partial charge in [-0.2, -0.15) is 22.7 Å². The van der Waals surface area contributed by atoms with Crippen molar-refractivity contribution in [2.75, 3.05) is 24.5 Å². The molecule has 2 aromatic carbocycles. The van der Waals surface area contributed by atoms with E-state index in [0.29, 0.717) is 5.56 Å². The Kier molecular flexibility index (Phi) is 6.11. The Balaban J connectivity index is 1.86. The van der Waals surface area contributed by atoms with Crippen molar-refractivity contribution in [3.05, 3.63) is 59.2 Å². The second-order valence-corrected chi connectivity index (χ2v) is 9.22. The number of benzene rings is 2. The van der Waals surface area contributed by atoms with Crippen LogP contribution in [0.15, 0.2) is 47.4 Å². The third-order valence-electron chi connectivity index (χ3n) is 5.21. The molecule has 0 bridgehead atoms. The Morgan fingerprint density at radius 1 is 1.13 bits per heavy atom. The highest BCUT2D eigenvalue weighted by atomic mass is 32.2. The highest BCUT2D eigenvalue weighted by Crippen LogP contribution is 2.38. The number of carbonyl (C=O) groups is 1. The fraction of sp³-hybridized carbons (Fsp3) is 0.333. The molecule has 0 saturated carbocycles. The van der Waals surface area contributed by atoms with E-state index in [4.69, 9.17) is 5.26 Å². The third kappa shape index (κ3) is 4.57. The number of piperazine rings is 1. The standard InChI is InChI=1S/C21H20F3N3O3S/c1-14-13-26(20-8-3-16(12-25)11-19(20)21(22,23)24)9-10-27(14)31(29,30)18-6-4-17(5-7-18)15(2)28/h3-8,11,14H,9-10,13H2,1-2H3/t14-/m1/s1. The van der Waals surface area contributed by atoms with Crippen molar-refractivity contribution in [1.82, 2.24) is 4.31 Å². The molecule has 0 amide bonds. The van der Waals surface area contributed by atoms with Crippen LogP contribution in [-0.2, 0) is 16.2 Å². The monoisotopic (exact) mass is 451 g/mol. The first-order valence-corrected chi connectivity index (χ1v) is 10.9. The van der Waals surface area contributed by atoms with Crippen LogP contribution in [-0.4, -0.2) is 44.2 Å². The molecule has 1 aliphatic heterocycles. The van der Waals surface area contributed by atoms with E-state index >= 15 is 0 Å². The van der Waals surface area contributed by atoms with Crippen LogP contribution in [0.3, 0.4) is 0 Å². The van der Waals surface area contributed by atoms with Gasteiger partial charge in [0.1, 0.15) is 0 Å².